The minimum absolute atomic E-state index is 0.186. The molecule has 0 aliphatic rings. The minimum atomic E-state index is -0.186. The molecule has 1 aromatic carbocycles. The van der Waals surface area contributed by atoms with Gasteiger partial charge in [0.15, 0.2) is 0 Å². The van der Waals surface area contributed by atoms with Crippen LogP contribution >= 0.6 is 11.3 Å². The summed E-state index contributed by atoms with van der Waals surface area (Å²) in [5.41, 5.74) is 4.85. The van der Waals surface area contributed by atoms with E-state index in [9.17, 15) is 4.79 Å². The number of nitrogens with one attached hydrogen (secondary N) is 1. The van der Waals surface area contributed by atoms with E-state index in [0.29, 0.717) is 5.71 Å². The second-order valence-electron chi connectivity index (χ2n) is 4.47. The van der Waals surface area contributed by atoms with E-state index in [1.807, 2.05) is 43.5 Å². The fraction of sp³-hybridized carbons (Fsp3) is 0.267. The smallest absolute Gasteiger partial charge is 0.246 e. The van der Waals surface area contributed by atoms with Gasteiger partial charge in [-0.3, -0.25) is 4.79 Å². The summed E-state index contributed by atoms with van der Waals surface area (Å²) in [6.45, 7) is 3.74. The number of methoxy groups -OCH3 is 1. The van der Waals surface area contributed by atoms with Gasteiger partial charge in [0.1, 0.15) is 5.75 Å². The van der Waals surface area contributed by atoms with Crippen LogP contribution in [0.4, 0.5) is 0 Å². The number of aromatic nitrogens is 1. The molecule has 0 aliphatic carbocycles. The topological polar surface area (TPSA) is 63.6 Å². The Hall–Kier alpha value is -2.21. The standard InChI is InChI=1S/C15H17N3O2S/c1-10(13-6-4-5-7-14(13)20-3)17-18-15(19)8-12-9-21-11(2)16-12/h4-7,9H,8H2,1-3H3,(H,18,19)/b17-10-. The molecule has 6 heteroatoms. The van der Waals surface area contributed by atoms with E-state index < -0.39 is 0 Å². The average molecular weight is 303 g/mol. The molecule has 0 atom stereocenters. The third kappa shape index (κ3) is 4.13. The highest BCUT2D eigenvalue weighted by molar-refractivity contribution is 7.09. The Morgan fingerprint density at radius 1 is 1.43 bits per heavy atom. The van der Waals surface area contributed by atoms with Crippen LogP contribution in [0.1, 0.15) is 23.2 Å². The quantitative estimate of drug-likeness (QED) is 0.682. The Labute approximate surface area is 127 Å². The first kappa shape index (κ1) is 15.2. The first-order valence-corrected chi connectivity index (χ1v) is 7.35. The SMILES string of the molecule is COc1ccccc1/C(C)=N\NC(=O)Cc1csc(C)n1. The second kappa shape index (κ2) is 6.99. The van der Waals surface area contributed by atoms with Gasteiger partial charge >= 0.3 is 0 Å². The summed E-state index contributed by atoms with van der Waals surface area (Å²) in [5, 5.41) is 6.95. The second-order valence-corrected chi connectivity index (χ2v) is 5.53. The summed E-state index contributed by atoms with van der Waals surface area (Å²) >= 11 is 1.53. The number of ether oxygens (including phenoxy) is 1. The molecule has 1 N–H and O–H groups in total. The number of hydrogen-bond acceptors (Lipinski definition) is 5. The summed E-state index contributed by atoms with van der Waals surface area (Å²) in [6, 6.07) is 7.54. The highest BCUT2D eigenvalue weighted by atomic mass is 32.1. The molecule has 0 saturated carbocycles. The monoisotopic (exact) mass is 303 g/mol. The van der Waals surface area contributed by atoms with Crippen LogP contribution in [0.15, 0.2) is 34.7 Å². The molecule has 1 amide bonds. The predicted molar refractivity (Wildman–Crippen MR) is 83.9 cm³/mol. The van der Waals surface area contributed by atoms with E-state index in [1.54, 1.807) is 7.11 Å². The normalized spacial score (nSPS) is 11.3. The van der Waals surface area contributed by atoms with Crippen molar-refractivity contribution in [3.63, 3.8) is 0 Å². The fourth-order valence-corrected chi connectivity index (χ4v) is 2.46. The van der Waals surface area contributed by atoms with Crippen LogP contribution in [-0.2, 0) is 11.2 Å². The number of rotatable bonds is 5. The van der Waals surface area contributed by atoms with Crippen molar-refractivity contribution in [2.45, 2.75) is 20.3 Å². The van der Waals surface area contributed by atoms with E-state index in [1.165, 1.54) is 11.3 Å². The zero-order valence-corrected chi connectivity index (χ0v) is 13.0. The lowest BCUT2D eigenvalue weighted by atomic mass is 10.1. The molecule has 0 unspecified atom stereocenters. The van der Waals surface area contributed by atoms with Crippen LogP contribution in [0.5, 0.6) is 5.75 Å². The maximum absolute atomic E-state index is 11.8. The van der Waals surface area contributed by atoms with Crippen LogP contribution in [0.2, 0.25) is 0 Å². The maximum Gasteiger partial charge on any atom is 0.246 e. The van der Waals surface area contributed by atoms with Gasteiger partial charge in [-0.2, -0.15) is 5.10 Å². The van der Waals surface area contributed by atoms with Gasteiger partial charge in [-0.15, -0.1) is 11.3 Å². The van der Waals surface area contributed by atoms with Crippen molar-refractivity contribution < 1.29 is 9.53 Å². The molecule has 2 rings (SSSR count). The molecular weight excluding hydrogens is 286 g/mol. The van der Waals surface area contributed by atoms with E-state index in [-0.39, 0.29) is 12.3 Å². The molecule has 1 heterocycles. The Kier molecular flexibility index (Phi) is 5.05. The van der Waals surface area contributed by atoms with Crippen molar-refractivity contribution in [1.29, 1.82) is 0 Å². The van der Waals surface area contributed by atoms with Gasteiger partial charge in [-0.25, -0.2) is 10.4 Å². The zero-order valence-electron chi connectivity index (χ0n) is 12.2. The molecule has 0 saturated heterocycles. The van der Waals surface area contributed by atoms with Crippen LogP contribution in [-0.4, -0.2) is 23.7 Å². The molecule has 1 aromatic heterocycles. The number of nitrogens with zero attached hydrogens (tertiary/aromatic N) is 2. The summed E-state index contributed by atoms with van der Waals surface area (Å²) in [4.78, 5) is 16.1. The zero-order chi connectivity index (χ0) is 15.2. The van der Waals surface area contributed by atoms with Crippen molar-refractivity contribution in [3.8, 4) is 5.75 Å². The number of hydrazone groups is 1. The van der Waals surface area contributed by atoms with Crippen LogP contribution in [0.25, 0.3) is 0 Å². The van der Waals surface area contributed by atoms with Crippen molar-refractivity contribution in [1.82, 2.24) is 10.4 Å². The van der Waals surface area contributed by atoms with Gasteiger partial charge in [-0.05, 0) is 26.0 Å². The van der Waals surface area contributed by atoms with E-state index in [0.717, 1.165) is 22.0 Å². The molecule has 21 heavy (non-hydrogen) atoms. The lowest BCUT2D eigenvalue weighted by Gasteiger charge is -2.07. The van der Waals surface area contributed by atoms with Gasteiger partial charge in [0.05, 0.1) is 29.9 Å². The Morgan fingerprint density at radius 2 is 2.19 bits per heavy atom. The molecule has 0 fully saturated rings. The molecule has 0 aliphatic heterocycles. The highest BCUT2D eigenvalue weighted by Crippen LogP contribution is 2.17. The number of amides is 1. The van der Waals surface area contributed by atoms with Crippen LogP contribution < -0.4 is 10.2 Å². The Morgan fingerprint density at radius 3 is 2.86 bits per heavy atom. The summed E-state index contributed by atoms with van der Waals surface area (Å²) in [7, 11) is 1.61. The van der Waals surface area contributed by atoms with E-state index in [2.05, 4.69) is 15.5 Å². The van der Waals surface area contributed by atoms with Gasteiger partial charge in [-0.1, -0.05) is 12.1 Å². The first-order valence-electron chi connectivity index (χ1n) is 6.47. The van der Waals surface area contributed by atoms with Crippen molar-refractivity contribution in [2.24, 2.45) is 5.10 Å². The third-order valence-electron chi connectivity index (χ3n) is 2.85. The summed E-state index contributed by atoms with van der Waals surface area (Å²) in [5.74, 6) is 0.540. The van der Waals surface area contributed by atoms with E-state index >= 15 is 0 Å². The van der Waals surface area contributed by atoms with Crippen molar-refractivity contribution in [3.05, 3.63) is 45.9 Å². The number of carbonyl (C=O) groups excluding carboxylic acids is 1. The number of thiazole rings is 1. The Bertz CT molecular complexity index is 664. The largest absolute Gasteiger partial charge is 0.496 e. The number of aryl methyl sites for hydroxylation is 1. The minimum Gasteiger partial charge on any atom is -0.496 e. The average Bonchev–Trinajstić information content (AvgIpc) is 2.89. The van der Waals surface area contributed by atoms with Gasteiger partial charge in [0.25, 0.3) is 0 Å². The lowest BCUT2D eigenvalue weighted by molar-refractivity contribution is -0.120. The third-order valence-corrected chi connectivity index (χ3v) is 3.68. The molecule has 0 bridgehead atoms. The molecule has 0 radical (unpaired) electrons. The van der Waals surface area contributed by atoms with Crippen LogP contribution in [0, 0.1) is 6.92 Å². The molecule has 5 nitrogen and oxygen atoms in total. The molecule has 0 spiro atoms. The first-order chi connectivity index (χ1) is 10.1. The summed E-state index contributed by atoms with van der Waals surface area (Å²) in [6.07, 6.45) is 0.229. The molecule has 2 aromatic rings. The van der Waals surface area contributed by atoms with Crippen molar-refractivity contribution in [2.75, 3.05) is 7.11 Å². The highest BCUT2D eigenvalue weighted by Gasteiger charge is 2.08. The van der Waals surface area contributed by atoms with Crippen molar-refractivity contribution >= 4 is 23.0 Å². The van der Waals surface area contributed by atoms with Crippen LogP contribution in [0.3, 0.4) is 0 Å². The number of para-hydroxylation sites is 1. The maximum atomic E-state index is 11.8. The fourth-order valence-electron chi connectivity index (χ4n) is 1.84. The Balaban J connectivity index is 2.01. The van der Waals surface area contributed by atoms with Gasteiger partial charge in [0.2, 0.25) is 5.91 Å². The number of benzene rings is 1. The predicted octanol–water partition coefficient (Wildman–Crippen LogP) is 2.54. The van der Waals surface area contributed by atoms with Gasteiger partial charge < -0.3 is 4.74 Å². The molecular formula is C15H17N3O2S. The summed E-state index contributed by atoms with van der Waals surface area (Å²) < 4.78 is 5.27. The number of carbonyl (C=O) groups is 1. The molecule has 110 valence electrons. The number of hydrogen-bond donors (Lipinski definition) is 1. The van der Waals surface area contributed by atoms with Gasteiger partial charge in [0, 0.05) is 10.9 Å². The lowest BCUT2D eigenvalue weighted by Crippen LogP contribution is -2.21. The van der Waals surface area contributed by atoms with E-state index in [4.69, 9.17) is 4.74 Å².